The van der Waals surface area contributed by atoms with Gasteiger partial charge in [0.15, 0.2) is 15.6 Å². The number of aromatic nitrogens is 2. The molecule has 0 saturated carbocycles. The average Bonchev–Trinajstić information content (AvgIpc) is 3.05. The third kappa shape index (κ3) is 3.38. The summed E-state index contributed by atoms with van der Waals surface area (Å²) in [6.45, 7) is 0.679. The van der Waals surface area contributed by atoms with Crippen molar-refractivity contribution in [1.29, 1.82) is 0 Å². The van der Waals surface area contributed by atoms with Crippen molar-refractivity contribution in [2.75, 3.05) is 6.26 Å². The Labute approximate surface area is 128 Å². The number of fused-ring (bicyclic) bond motifs is 1. The molecule has 1 aliphatic rings. The van der Waals surface area contributed by atoms with Gasteiger partial charge < -0.3 is 14.3 Å². The number of furan rings is 1. The van der Waals surface area contributed by atoms with Crippen LogP contribution in [0.25, 0.3) is 0 Å². The van der Waals surface area contributed by atoms with Gasteiger partial charge in [0.2, 0.25) is 0 Å². The van der Waals surface area contributed by atoms with Crippen LogP contribution in [0.3, 0.4) is 0 Å². The van der Waals surface area contributed by atoms with Crippen LogP contribution >= 0.6 is 0 Å². The molecule has 0 unspecified atom stereocenters. The van der Waals surface area contributed by atoms with Crippen molar-refractivity contribution in [3.8, 4) is 0 Å². The Balaban J connectivity index is 1.63. The zero-order valence-electron chi connectivity index (χ0n) is 12.2. The summed E-state index contributed by atoms with van der Waals surface area (Å²) in [6.07, 6.45) is 6.41. The Hall–Kier alpha value is -2.09. The number of nitrogens with zero attached hydrogens (tertiary/aromatic N) is 2. The minimum absolute atomic E-state index is 0.0117. The first-order valence-electron chi connectivity index (χ1n) is 6.98. The number of nitrogens with one attached hydrogen (secondary N) is 1. The van der Waals surface area contributed by atoms with E-state index in [1.54, 1.807) is 6.20 Å². The average molecular weight is 323 g/mol. The first-order valence-corrected chi connectivity index (χ1v) is 9.04. The van der Waals surface area contributed by atoms with E-state index in [0.717, 1.165) is 24.9 Å². The molecule has 2 aromatic heterocycles. The molecule has 0 radical (unpaired) electrons. The number of aryl methyl sites for hydroxylation is 1. The van der Waals surface area contributed by atoms with Crippen LogP contribution in [0.1, 0.15) is 28.6 Å². The van der Waals surface area contributed by atoms with Crippen LogP contribution in [-0.4, -0.2) is 36.2 Å². The molecule has 0 bridgehead atoms. The second-order valence-electron chi connectivity index (χ2n) is 5.54. The van der Waals surface area contributed by atoms with E-state index in [9.17, 15) is 13.2 Å². The molecular weight excluding hydrogens is 306 g/mol. The molecule has 118 valence electrons. The fourth-order valence-electron chi connectivity index (χ4n) is 2.58. The summed E-state index contributed by atoms with van der Waals surface area (Å²) in [5.74, 6) is 0.901. The van der Waals surface area contributed by atoms with Gasteiger partial charge in [-0.05, 0) is 18.6 Å². The van der Waals surface area contributed by atoms with Gasteiger partial charge in [-0.3, -0.25) is 4.79 Å². The zero-order valence-corrected chi connectivity index (χ0v) is 13.0. The van der Waals surface area contributed by atoms with Gasteiger partial charge in [-0.1, -0.05) is 0 Å². The van der Waals surface area contributed by atoms with Gasteiger partial charge in [-0.2, -0.15) is 0 Å². The summed E-state index contributed by atoms with van der Waals surface area (Å²) >= 11 is 0. The number of carbonyl (C=O) groups excluding carboxylic acids is 1. The summed E-state index contributed by atoms with van der Waals surface area (Å²) in [6, 6.07) is 3.03. The predicted molar refractivity (Wildman–Crippen MR) is 79.1 cm³/mol. The van der Waals surface area contributed by atoms with Crippen LogP contribution in [0, 0.1) is 0 Å². The Morgan fingerprint density at radius 2 is 2.32 bits per heavy atom. The van der Waals surface area contributed by atoms with Crippen molar-refractivity contribution >= 4 is 15.7 Å². The second-order valence-corrected chi connectivity index (χ2v) is 7.68. The van der Waals surface area contributed by atoms with Crippen LogP contribution < -0.4 is 5.32 Å². The smallest absolute Gasteiger partial charge is 0.287 e. The maximum Gasteiger partial charge on any atom is 0.287 e. The van der Waals surface area contributed by atoms with Crippen LogP contribution in [0.5, 0.6) is 0 Å². The SMILES string of the molecule is CS(=O)(=O)Cc1ccc(C(=O)N[C@@H]2CCc3nccn3C2)o1. The quantitative estimate of drug-likeness (QED) is 0.896. The lowest BCUT2D eigenvalue weighted by Crippen LogP contribution is -2.40. The summed E-state index contributed by atoms with van der Waals surface area (Å²) in [5, 5.41) is 2.91. The molecule has 7 nitrogen and oxygen atoms in total. The van der Waals surface area contributed by atoms with Crippen molar-refractivity contribution in [1.82, 2.24) is 14.9 Å². The lowest BCUT2D eigenvalue weighted by atomic mass is 10.1. The van der Waals surface area contributed by atoms with Gasteiger partial charge in [-0.15, -0.1) is 0 Å². The van der Waals surface area contributed by atoms with Gasteiger partial charge in [0.25, 0.3) is 5.91 Å². The van der Waals surface area contributed by atoms with Crippen LogP contribution in [-0.2, 0) is 28.6 Å². The largest absolute Gasteiger partial charge is 0.455 e. The van der Waals surface area contributed by atoms with E-state index in [1.165, 1.54) is 12.1 Å². The minimum Gasteiger partial charge on any atom is -0.455 e. The summed E-state index contributed by atoms with van der Waals surface area (Å²) in [4.78, 5) is 16.4. The van der Waals surface area contributed by atoms with Crippen molar-refractivity contribution in [2.24, 2.45) is 0 Å². The highest BCUT2D eigenvalue weighted by molar-refractivity contribution is 7.89. The zero-order chi connectivity index (χ0) is 15.7. The molecule has 3 rings (SSSR count). The van der Waals surface area contributed by atoms with Crippen LogP contribution in [0.15, 0.2) is 28.9 Å². The number of sulfone groups is 1. The predicted octanol–water partition coefficient (Wildman–Crippen LogP) is 0.765. The fraction of sp³-hybridized carbons (Fsp3) is 0.429. The monoisotopic (exact) mass is 323 g/mol. The molecule has 8 heteroatoms. The summed E-state index contributed by atoms with van der Waals surface area (Å²) in [5.41, 5.74) is 0. The molecule has 1 N–H and O–H groups in total. The topological polar surface area (TPSA) is 94.2 Å². The van der Waals surface area contributed by atoms with E-state index >= 15 is 0 Å². The Bertz CT molecular complexity index is 791. The first-order chi connectivity index (χ1) is 10.4. The molecule has 22 heavy (non-hydrogen) atoms. The molecule has 2 aromatic rings. The highest BCUT2D eigenvalue weighted by Gasteiger charge is 2.22. The molecule has 0 aliphatic carbocycles. The van der Waals surface area contributed by atoms with E-state index < -0.39 is 9.84 Å². The van der Waals surface area contributed by atoms with Crippen molar-refractivity contribution in [3.63, 3.8) is 0 Å². The van der Waals surface area contributed by atoms with Crippen LogP contribution in [0.4, 0.5) is 0 Å². The van der Waals surface area contributed by atoms with Crippen molar-refractivity contribution < 1.29 is 17.6 Å². The van der Waals surface area contributed by atoms with Gasteiger partial charge in [0.05, 0.1) is 0 Å². The molecule has 0 fully saturated rings. The number of rotatable bonds is 4. The third-order valence-corrected chi connectivity index (χ3v) is 4.37. The molecule has 0 saturated heterocycles. The maximum atomic E-state index is 12.2. The van der Waals surface area contributed by atoms with Gasteiger partial charge in [-0.25, -0.2) is 13.4 Å². The number of amides is 1. The molecule has 0 spiro atoms. The van der Waals surface area contributed by atoms with E-state index in [1.807, 2.05) is 10.8 Å². The van der Waals surface area contributed by atoms with Crippen molar-refractivity contribution in [2.45, 2.75) is 31.2 Å². The fourth-order valence-corrected chi connectivity index (χ4v) is 3.25. The molecule has 0 aromatic carbocycles. The molecule has 1 atom stereocenters. The van der Waals surface area contributed by atoms with Gasteiger partial charge in [0, 0.05) is 37.7 Å². The lowest BCUT2D eigenvalue weighted by Gasteiger charge is -2.24. The third-order valence-electron chi connectivity index (χ3n) is 3.56. The number of hydrogen-bond acceptors (Lipinski definition) is 5. The molecule has 3 heterocycles. The summed E-state index contributed by atoms with van der Waals surface area (Å²) in [7, 11) is -3.18. The minimum atomic E-state index is -3.18. The lowest BCUT2D eigenvalue weighted by molar-refractivity contribution is 0.0898. The Kier molecular flexibility index (Phi) is 3.78. The first kappa shape index (κ1) is 14.8. The van der Waals surface area contributed by atoms with Crippen LogP contribution in [0.2, 0.25) is 0 Å². The second kappa shape index (κ2) is 5.60. The highest BCUT2D eigenvalue weighted by atomic mass is 32.2. The molecular formula is C14H17N3O4S. The van der Waals surface area contributed by atoms with E-state index in [0.29, 0.717) is 6.54 Å². The Morgan fingerprint density at radius 1 is 1.50 bits per heavy atom. The number of carbonyl (C=O) groups is 1. The van der Waals surface area contributed by atoms with Crippen molar-refractivity contribution in [3.05, 3.63) is 41.9 Å². The maximum absolute atomic E-state index is 12.2. The highest BCUT2D eigenvalue weighted by Crippen LogP contribution is 2.15. The Morgan fingerprint density at radius 3 is 3.09 bits per heavy atom. The molecule has 1 amide bonds. The summed E-state index contributed by atoms with van der Waals surface area (Å²) < 4.78 is 29.8. The van der Waals surface area contributed by atoms with Gasteiger partial charge in [0.1, 0.15) is 17.3 Å². The van der Waals surface area contributed by atoms with E-state index in [4.69, 9.17) is 4.42 Å². The van der Waals surface area contributed by atoms with E-state index in [-0.39, 0.29) is 29.2 Å². The van der Waals surface area contributed by atoms with Gasteiger partial charge >= 0.3 is 0 Å². The number of imidazole rings is 1. The normalized spacial score (nSPS) is 18.0. The van der Waals surface area contributed by atoms with E-state index in [2.05, 4.69) is 10.3 Å². The standard InChI is InChI=1S/C14H17N3O4S/c1-22(19,20)9-11-3-4-12(21-11)14(18)16-10-2-5-13-15-6-7-17(13)8-10/h3-4,6-7,10H,2,5,8-9H2,1H3,(H,16,18)/t10-/m1/s1. The molecule has 1 aliphatic heterocycles. The number of hydrogen-bond donors (Lipinski definition) is 1.